The van der Waals surface area contributed by atoms with Gasteiger partial charge in [-0.3, -0.25) is 0 Å². The van der Waals surface area contributed by atoms with Crippen molar-refractivity contribution < 1.29 is 1.37 Å². The van der Waals surface area contributed by atoms with Gasteiger partial charge in [-0.2, -0.15) is 0 Å². The number of rotatable bonds is 1. The first-order chi connectivity index (χ1) is 8.72. The summed E-state index contributed by atoms with van der Waals surface area (Å²) in [6.45, 7) is 2.11. The van der Waals surface area contributed by atoms with E-state index in [2.05, 4.69) is 43.3 Å². The van der Waals surface area contributed by atoms with Gasteiger partial charge in [0.1, 0.15) is 0 Å². The van der Waals surface area contributed by atoms with Crippen molar-refractivity contribution in [2.24, 2.45) is 0 Å². The summed E-state index contributed by atoms with van der Waals surface area (Å²) in [7, 11) is 0. The van der Waals surface area contributed by atoms with Crippen LogP contribution in [0.5, 0.6) is 0 Å². The first kappa shape index (κ1) is 9.00. The minimum Gasteiger partial charge on any atom is -0.0622 e. The number of hydrogen-bond donors (Lipinski definition) is 0. The second kappa shape index (κ2) is 4.06. The van der Waals surface area contributed by atoms with Crippen molar-refractivity contribution in [3.8, 4) is 11.1 Å². The highest BCUT2D eigenvalue weighted by molar-refractivity contribution is 5.87. The van der Waals surface area contributed by atoms with Crippen molar-refractivity contribution in [2.45, 2.75) is 6.92 Å². The number of fused-ring (bicyclic) bond motifs is 1. The van der Waals surface area contributed by atoms with E-state index in [1.165, 1.54) is 21.9 Å². The molecule has 0 saturated heterocycles. The molecule has 0 aliphatic heterocycles. The van der Waals surface area contributed by atoms with Crippen LogP contribution in [0.4, 0.5) is 0 Å². The molecular formula is C17H14. The van der Waals surface area contributed by atoms with Crippen molar-refractivity contribution in [1.82, 2.24) is 0 Å². The molecule has 0 aliphatic carbocycles. The second-order valence-corrected chi connectivity index (χ2v) is 4.36. The molecule has 3 aromatic rings. The molecule has 0 aliphatic rings. The maximum Gasteiger partial charge on any atom is 0.0623 e. The molecule has 0 amide bonds. The fourth-order valence-electron chi connectivity index (χ4n) is 2.12. The minimum absolute atomic E-state index is 0.552. The number of benzene rings is 3. The summed E-state index contributed by atoms with van der Waals surface area (Å²) in [6.07, 6.45) is 0. The molecule has 0 unspecified atom stereocenters. The third-order valence-electron chi connectivity index (χ3n) is 3.04. The topological polar surface area (TPSA) is 0 Å². The lowest BCUT2D eigenvalue weighted by Crippen LogP contribution is -1.79. The van der Waals surface area contributed by atoms with E-state index in [0.717, 1.165) is 5.56 Å². The van der Waals surface area contributed by atoms with E-state index >= 15 is 0 Å². The van der Waals surface area contributed by atoms with Crippen LogP contribution in [-0.2, 0) is 0 Å². The first-order valence-corrected chi connectivity index (χ1v) is 5.80. The fraction of sp³-hybridized carbons (Fsp3) is 0.0588. The van der Waals surface area contributed by atoms with E-state index in [1.807, 2.05) is 18.2 Å². The molecule has 0 saturated carbocycles. The summed E-state index contributed by atoms with van der Waals surface area (Å²) >= 11 is 0. The van der Waals surface area contributed by atoms with Crippen molar-refractivity contribution in [3.05, 3.63) is 72.3 Å². The Balaban J connectivity index is 2.16. The molecule has 0 aromatic heterocycles. The van der Waals surface area contributed by atoms with Gasteiger partial charge in [0.05, 0.1) is 1.37 Å². The van der Waals surface area contributed by atoms with Gasteiger partial charge in [0.15, 0.2) is 0 Å². The Hall–Kier alpha value is -2.08. The van der Waals surface area contributed by atoms with Gasteiger partial charge in [-0.25, -0.2) is 0 Å². The summed E-state index contributed by atoms with van der Waals surface area (Å²) in [4.78, 5) is 0. The highest BCUT2D eigenvalue weighted by Gasteiger charge is 1.99. The molecule has 0 atom stereocenters. The van der Waals surface area contributed by atoms with Crippen LogP contribution in [0.15, 0.2) is 66.7 Å². The van der Waals surface area contributed by atoms with E-state index in [1.54, 1.807) is 6.07 Å². The molecule has 0 heterocycles. The molecule has 0 heteroatoms. The molecule has 17 heavy (non-hydrogen) atoms. The van der Waals surface area contributed by atoms with Crippen molar-refractivity contribution in [3.63, 3.8) is 0 Å². The monoisotopic (exact) mass is 220 g/mol. The van der Waals surface area contributed by atoms with Gasteiger partial charge in [0, 0.05) is 0 Å². The van der Waals surface area contributed by atoms with Crippen LogP contribution in [-0.4, -0.2) is 0 Å². The SMILES string of the molecule is [3H]c1cccc(-c2ccc3cc(C)ccc3c2)c1. The summed E-state index contributed by atoms with van der Waals surface area (Å²) in [6, 6.07) is 21.2. The average molecular weight is 220 g/mol. The van der Waals surface area contributed by atoms with Crippen molar-refractivity contribution >= 4 is 10.8 Å². The summed E-state index contributed by atoms with van der Waals surface area (Å²) in [5.74, 6) is 0. The lowest BCUT2D eigenvalue weighted by atomic mass is 10.0. The van der Waals surface area contributed by atoms with E-state index < -0.39 is 0 Å². The zero-order chi connectivity index (χ0) is 12.5. The molecule has 82 valence electrons. The molecular weight excluding hydrogens is 204 g/mol. The van der Waals surface area contributed by atoms with Crippen LogP contribution in [0.2, 0.25) is 0 Å². The standard InChI is InChI=1S/C17H14/c1-13-7-8-17-12-16(10-9-15(17)11-13)14-5-3-2-4-6-14/h2-12H,1H3/i3T. The van der Waals surface area contributed by atoms with Gasteiger partial charge in [-0.15, -0.1) is 0 Å². The van der Waals surface area contributed by atoms with Gasteiger partial charge in [-0.1, -0.05) is 66.2 Å². The highest BCUT2D eigenvalue weighted by Crippen LogP contribution is 2.24. The molecule has 0 bridgehead atoms. The smallest absolute Gasteiger partial charge is 0.0622 e. The predicted molar refractivity (Wildman–Crippen MR) is 74.1 cm³/mol. The normalized spacial score (nSPS) is 11.5. The lowest BCUT2D eigenvalue weighted by molar-refractivity contribution is 1.50. The zero-order valence-electron chi connectivity index (χ0n) is 10.8. The van der Waals surface area contributed by atoms with Gasteiger partial charge >= 0.3 is 0 Å². The second-order valence-electron chi connectivity index (χ2n) is 4.36. The quantitative estimate of drug-likeness (QED) is 0.551. The van der Waals surface area contributed by atoms with Gasteiger partial charge in [0.25, 0.3) is 0 Å². The van der Waals surface area contributed by atoms with E-state index in [-0.39, 0.29) is 0 Å². The molecule has 0 fully saturated rings. The highest BCUT2D eigenvalue weighted by atomic mass is 14.0. The molecule has 3 rings (SSSR count). The minimum atomic E-state index is 0.552. The lowest BCUT2D eigenvalue weighted by Gasteiger charge is -2.04. The molecule has 0 N–H and O–H groups in total. The Kier molecular flexibility index (Phi) is 2.15. The van der Waals surface area contributed by atoms with E-state index in [4.69, 9.17) is 1.37 Å². The van der Waals surface area contributed by atoms with Crippen molar-refractivity contribution in [1.29, 1.82) is 0 Å². The van der Waals surface area contributed by atoms with Crippen LogP contribution in [0.3, 0.4) is 0 Å². The van der Waals surface area contributed by atoms with Crippen LogP contribution < -0.4 is 0 Å². The first-order valence-electron chi connectivity index (χ1n) is 6.30. The summed E-state index contributed by atoms with van der Waals surface area (Å²) < 4.78 is 7.68. The third kappa shape index (κ3) is 1.94. The molecule has 0 spiro atoms. The third-order valence-corrected chi connectivity index (χ3v) is 3.04. The molecule has 0 nitrogen and oxygen atoms in total. The number of hydrogen-bond acceptors (Lipinski definition) is 0. The van der Waals surface area contributed by atoms with Gasteiger partial charge in [-0.05, 0) is 34.9 Å². The summed E-state index contributed by atoms with van der Waals surface area (Å²) in [5.41, 5.74) is 3.55. The summed E-state index contributed by atoms with van der Waals surface area (Å²) in [5, 5.41) is 2.51. The Bertz CT molecular complexity index is 714. The Morgan fingerprint density at radius 2 is 1.59 bits per heavy atom. The predicted octanol–water partition coefficient (Wildman–Crippen LogP) is 4.82. The van der Waals surface area contributed by atoms with Crippen LogP contribution in [0, 0.1) is 6.92 Å². The Morgan fingerprint density at radius 3 is 2.47 bits per heavy atom. The van der Waals surface area contributed by atoms with Crippen LogP contribution in [0.1, 0.15) is 6.93 Å². The van der Waals surface area contributed by atoms with Crippen molar-refractivity contribution in [2.75, 3.05) is 0 Å². The zero-order valence-corrected chi connectivity index (χ0v) is 9.77. The van der Waals surface area contributed by atoms with Gasteiger partial charge in [0.2, 0.25) is 0 Å². The maximum absolute atomic E-state index is 7.68. The largest absolute Gasteiger partial charge is 0.0623 e. The fourth-order valence-corrected chi connectivity index (χ4v) is 2.12. The Morgan fingerprint density at radius 1 is 0.765 bits per heavy atom. The average Bonchev–Trinajstić information content (AvgIpc) is 2.38. The van der Waals surface area contributed by atoms with Gasteiger partial charge < -0.3 is 0 Å². The van der Waals surface area contributed by atoms with E-state index in [9.17, 15) is 0 Å². The van der Waals surface area contributed by atoms with E-state index in [0.29, 0.717) is 6.04 Å². The van der Waals surface area contributed by atoms with Crippen LogP contribution >= 0.6 is 0 Å². The number of aryl methyl sites for hydroxylation is 1. The Labute approximate surface area is 103 Å². The maximum atomic E-state index is 7.68. The molecule has 0 radical (unpaired) electrons. The molecule has 3 aromatic carbocycles. The van der Waals surface area contributed by atoms with Crippen LogP contribution in [0.25, 0.3) is 21.9 Å².